The molecule has 6 nitrogen and oxygen atoms in total. The van der Waals surface area contributed by atoms with E-state index in [0.29, 0.717) is 16.9 Å². The van der Waals surface area contributed by atoms with Crippen LogP contribution in [0, 0.1) is 5.82 Å². The first-order chi connectivity index (χ1) is 12.9. The van der Waals surface area contributed by atoms with E-state index in [2.05, 4.69) is 5.10 Å². The normalized spacial score (nSPS) is 14.3. The van der Waals surface area contributed by atoms with Gasteiger partial charge < -0.3 is 4.74 Å². The Morgan fingerprint density at radius 3 is 2.74 bits per heavy atom. The molecule has 2 aromatic carbocycles. The predicted molar refractivity (Wildman–Crippen MR) is 95.8 cm³/mol. The number of ether oxygens (including phenoxy) is 1. The summed E-state index contributed by atoms with van der Waals surface area (Å²) in [6.07, 6.45) is 0. The average molecular weight is 386 g/mol. The number of esters is 1. The molecule has 1 aliphatic heterocycles. The molecule has 0 saturated heterocycles. The molecular weight excluding hydrogens is 371 g/mol. The molecule has 0 spiro atoms. The lowest BCUT2D eigenvalue weighted by Gasteiger charge is -2.19. The number of nitrogens with zero attached hydrogens (tertiary/aromatic N) is 2. The summed E-state index contributed by atoms with van der Waals surface area (Å²) in [7, 11) is -3.64. The van der Waals surface area contributed by atoms with E-state index in [0.717, 1.165) is 0 Å². The Kier molecular flexibility index (Phi) is 4.07. The van der Waals surface area contributed by atoms with Gasteiger partial charge in [-0.25, -0.2) is 22.3 Å². The summed E-state index contributed by atoms with van der Waals surface area (Å²) >= 11 is 0. The van der Waals surface area contributed by atoms with Crippen LogP contribution in [-0.4, -0.2) is 30.8 Å². The number of carbonyl (C=O) groups excluding carboxylic acids is 1. The molecule has 1 aliphatic rings. The van der Waals surface area contributed by atoms with Crippen LogP contribution in [0.2, 0.25) is 0 Å². The van der Waals surface area contributed by atoms with E-state index in [1.165, 1.54) is 28.9 Å². The second kappa shape index (κ2) is 6.31. The van der Waals surface area contributed by atoms with Crippen molar-refractivity contribution in [2.45, 2.75) is 17.6 Å². The molecule has 0 N–H and O–H groups in total. The fraction of sp³-hybridized carbons (Fsp3) is 0.158. The number of benzene rings is 2. The first-order valence-electron chi connectivity index (χ1n) is 8.29. The maximum absolute atomic E-state index is 13.8. The van der Waals surface area contributed by atoms with Crippen molar-refractivity contribution in [2.75, 3.05) is 6.61 Å². The van der Waals surface area contributed by atoms with Gasteiger partial charge in [0.05, 0.1) is 28.6 Å². The van der Waals surface area contributed by atoms with Crippen LogP contribution in [0.15, 0.2) is 53.4 Å². The number of rotatable bonds is 3. The monoisotopic (exact) mass is 386 g/mol. The van der Waals surface area contributed by atoms with Crippen molar-refractivity contribution >= 4 is 15.8 Å². The highest BCUT2D eigenvalue weighted by Crippen LogP contribution is 2.40. The van der Waals surface area contributed by atoms with Gasteiger partial charge in [-0.3, -0.25) is 0 Å². The lowest BCUT2D eigenvalue weighted by Crippen LogP contribution is -2.16. The van der Waals surface area contributed by atoms with Crippen molar-refractivity contribution in [1.29, 1.82) is 0 Å². The number of halogens is 1. The number of hydrogen-bond donors (Lipinski definition) is 0. The Morgan fingerprint density at radius 1 is 1.22 bits per heavy atom. The third-order valence-electron chi connectivity index (χ3n) is 4.32. The summed E-state index contributed by atoms with van der Waals surface area (Å²) in [6, 6.07) is 12.2. The van der Waals surface area contributed by atoms with Gasteiger partial charge in [0.2, 0.25) is 0 Å². The van der Waals surface area contributed by atoms with E-state index in [1.54, 1.807) is 31.2 Å². The summed E-state index contributed by atoms with van der Waals surface area (Å²) in [5, 5.41) is 4.30. The maximum atomic E-state index is 13.8. The molecule has 0 fully saturated rings. The van der Waals surface area contributed by atoms with Gasteiger partial charge in [-0.05, 0) is 31.2 Å². The fourth-order valence-corrected chi connectivity index (χ4v) is 4.82. The average Bonchev–Trinajstić information content (AvgIpc) is 3.01. The zero-order valence-electron chi connectivity index (χ0n) is 14.3. The SMILES string of the molecule is CCOC(=O)c1nn(-c2cccc(F)c2)c2c1CS(=O)(=O)c1ccccc1-2. The molecule has 0 amide bonds. The number of hydrogen-bond acceptors (Lipinski definition) is 5. The van der Waals surface area contributed by atoms with E-state index in [9.17, 15) is 17.6 Å². The standard InChI is InChI=1S/C19H15FN2O4S/c1-2-26-19(23)17-15-11-27(24,25)16-9-4-3-8-14(16)18(15)22(21-17)13-7-5-6-12(20)10-13/h3-10H,2,11H2,1H3. The molecule has 138 valence electrons. The zero-order valence-corrected chi connectivity index (χ0v) is 15.2. The smallest absolute Gasteiger partial charge is 0.359 e. The first kappa shape index (κ1) is 17.4. The van der Waals surface area contributed by atoms with Crippen LogP contribution in [0.5, 0.6) is 0 Å². The molecular formula is C19H15FN2O4S. The topological polar surface area (TPSA) is 78.3 Å². The van der Waals surface area contributed by atoms with Gasteiger partial charge in [0.25, 0.3) is 0 Å². The van der Waals surface area contributed by atoms with Gasteiger partial charge in [0, 0.05) is 11.1 Å². The summed E-state index contributed by atoms with van der Waals surface area (Å²) < 4.78 is 45.6. The Bertz CT molecular complexity index is 1170. The summed E-state index contributed by atoms with van der Waals surface area (Å²) in [5.74, 6) is -1.55. The quantitative estimate of drug-likeness (QED) is 0.646. The largest absolute Gasteiger partial charge is 0.461 e. The summed E-state index contributed by atoms with van der Waals surface area (Å²) in [5.41, 5.74) is 1.45. The maximum Gasteiger partial charge on any atom is 0.359 e. The van der Waals surface area contributed by atoms with Crippen LogP contribution in [-0.2, 0) is 20.3 Å². The minimum Gasteiger partial charge on any atom is -0.461 e. The van der Waals surface area contributed by atoms with Gasteiger partial charge in [0.15, 0.2) is 15.5 Å². The predicted octanol–water partition coefficient (Wildman–Crippen LogP) is 3.14. The number of aromatic nitrogens is 2. The summed E-state index contributed by atoms with van der Waals surface area (Å²) in [4.78, 5) is 12.5. The molecule has 0 radical (unpaired) electrons. The highest BCUT2D eigenvalue weighted by molar-refractivity contribution is 7.90. The fourth-order valence-electron chi connectivity index (χ4n) is 3.22. The van der Waals surface area contributed by atoms with Crippen LogP contribution < -0.4 is 0 Å². The van der Waals surface area contributed by atoms with E-state index in [1.807, 2.05) is 0 Å². The van der Waals surface area contributed by atoms with Crippen LogP contribution in [0.4, 0.5) is 4.39 Å². The molecule has 2 heterocycles. The van der Waals surface area contributed by atoms with Crippen LogP contribution in [0.25, 0.3) is 16.9 Å². The van der Waals surface area contributed by atoms with E-state index >= 15 is 0 Å². The molecule has 0 atom stereocenters. The van der Waals surface area contributed by atoms with Crippen molar-refractivity contribution in [3.63, 3.8) is 0 Å². The van der Waals surface area contributed by atoms with E-state index < -0.39 is 21.6 Å². The molecule has 4 rings (SSSR count). The van der Waals surface area contributed by atoms with Crippen molar-refractivity contribution in [1.82, 2.24) is 9.78 Å². The molecule has 0 unspecified atom stereocenters. The molecule has 0 bridgehead atoms. The van der Waals surface area contributed by atoms with E-state index in [4.69, 9.17) is 4.74 Å². The van der Waals surface area contributed by atoms with E-state index in [-0.39, 0.29) is 28.5 Å². The Balaban J connectivity index is 2.06. The second-order valence-corrected chi connectivity index (χ2v) is 8.00. The minimum absolute atomic E-state index is 0.0748. The highest BCUT2D eigenvalue weighted by Gasteiger charge is 2.36. The number of fused-ring (bicyclic) bond motifs is 3. The third-order valence-corrected chi connectivity index (χ3v) is 6.01. The van der Waals surface area contributed by atoms with Crippen molar-refractivity contribution in [2.24, 2.45) is 0 Å². The summed E-state index contributed by atoms with van der Waals surface area (Å²) in [6.45, 7) is 1.78. The van der Waals surface area contributed by atoms with Crippen molar-refractivity contribution in [3.05, 3.63) is 65.6 Å². The van der Waals surface area contributed by atoms with Crippen LogP contribution in [0.1, 0.15) is 23.0 Å². The van der Waals surface area contributed by atoms with Gasteiger partial charge in [-0.2, -0.15) is 5.10 Å². The third kappa shape index (κ3) is 2.82. The molecule has 3 aromatic rings. The number of sulfone groups is 1. The number of carbonyl (C=O) groups is 1. The lowest BCUT2D eigenvalue weighted by atomic mass is 10.1. The second-order valence-electron chi connectivity index (χ2n) is 6.04. The Morgan fingerprint density at radius 2 is 2.00 bits per heavy atom. The zero-order chi connectivity index (χ0) is 19.2. The van der Waals surface area contributed by atoms with Crippen LogP contribution in [0.3, 0.4) is 0 Å². The van der Waals surface area contributed by atoms with Crippen LogP contribution >= 0.6 is 0 Å². The Labute approximate surface area is 155 Å². The van der Waals surface area contributed by atoms with Crippen molar-refractivity contribution in [3.8, 4) is 16.9 Å². The molecule has 8 heteroatoms. The van der Waals surface area contributed by atoms with Gasteiger partial charge >= 0.3 is 5.97 Å². The molecule has 0 aliphatic carbocycles. The molecule has 1 aromatic heterocycles. The van der Waals surface area contributed by atoms with Gasteiger partial charge in [0.1, 0.15) is 5.82 Å². The lowest BCUT2D eigenvalue weighted by molar-refractivity contribution is 0.0518. The minimum atomic E-state index is -3.64. The molecule has 0 saturated carbocycles. The highest BCUT2D eigenvalue weighted by atomic mass is 32.2. The first-order valence-corrected chi connectivity index (χ1v) is 9.94. The molecule has 27 heavy (non-hydrogen) atoms. The van der Waals surface area contributed by atoms with Gasteiger partial charge in [-0.15, -0.1) is 0 Å². The Hall–Kier alpha value is -3.00. The van der Waals surface area contributed by atoms with Crippen molar-refractivity contribution < 1.29 is 22.3 Å². The van der Waals surface area contributed by atoms with Gasteiger partial charge in [-0.1, -0.05) is 24.3 Å².